The number of hydrogen-bond donors (Lipinski definition) is 1. The van der Waals surface area contributed by atoms with Crippen molar-refractivity contribution in [1.82, 2.24) is 5.32 Å². The molecule has 0 radical (unpaired) electrons. The number of carbonyl (C=O) groups is 2. The highest BCUT2D eigenvalue weighted by Gasteiger charge is 2.39. The van der Waals surface area contributed by atoms with E-state index in [1.54, 1.807) is 31.2 Å². The minimum Gasteiger partial charge on any atom is -0.493 e. The quantitative estimate of drug-likeness (QED) is 0.355. The summed E-state index contributed by atoms with van der Waals surface area (Å²) < 4.78 is 16.5. The van der Waals surface area contributed by atoms with Crippen molar-refractivity contribution in [3.05, 3.63) is 86.2 Å². The van der Waals surface area contributed by atoms with Crippen LogP contribution in [0.15, 0.2) is 65.0 Å². The topological polar surface area (TPSA) is 117 Å². The van der Waals surface area contributed by atoms with Gasteiger partial charge >= 0.3 is 5.97 Å². The SMILES string of the molecule is COC(=O)C1=C(C)NC2=C(C(=O)CCC2)[C@@H]1c1ccc(OCc2ccc([N+](=O)[O-])cc2)c(OC)c1. The zero-order valence-corrected chi connectivity index (χ0v) is 19.8. The molecule has 182 valence electrons. The average molecular weight is 479 g/mol. The van der Waals surface area contributed by atoms with Crippen LogP contribution in [0.4, 0.5) is 5.69 Å². The van der Waals surface area contributed by atoms with Gasteiger partial charge in [-0.1, -0.05) is 6.07 Å². The van der Waals surface area contributed by atoms with Gasteiger partial charge in [0.15, 0.2) is 17.3 Å². The Balaban J connectivity index is 1.67. The van der Waals surface area contributed by atoms with Gasteiger partial charge in [-0.15, -0.1) is 0 Å². The maximum Gasteiger partial charge on any atom is 0.336 e. The molecule has 4 rings (SSSR count). The van der Waals surface area contributed by atoms with E-state index in [0.29, 0.717) is 40.3 Å². The Bertz CT molecular complexity index is 1240. The fourth-order valence-corrected chi connectivity index (χ4v) is 4.56. The number of hydrogen-bond acceptors (Lipinski definition) is 8. The molecule has 1 aliphatic carbocycles. The molecule has 2 aromatic rings. The maximum absolute atomic E-state index is 13.0. The molecule has 2 aliphatic rings. The molecule has 9 nitrogen and oxygen atoms in total. The molecule has 1 atom stereocenters. The van der Waals surface area contributed by atoms with Crippen LogP contribution in [-0.2, 0) is 20.9 Å². The van der Waals surface area contributed by atoms with Gasteiger partial charge in [0.25, 0.3) is 5.69 Å². The highest BCUT2D eigenvalue weighted by Crippen LogP contribution is 2.44. The van der Waals surface area contributed by atoms with Crippen LogP contribution in [0.2, 0.25) is 0 Å². The highest BCUT2D eigenvalue weighted by molar-refractivity contribution is 6.03. The summed E-state index contributed by atoms with van der Waals surface area (Å²) in [5, 5.41) is 14.1. The van der Waals surface area contributed by atoms with Crippen LogP contribution in [-0.4, -0.2) is 30.9 Å². The molecule has 2 aromatic carbocycles. The average Bonchev–Trinajstić information content (AvgIpc) is 2.86. The van der Waals surface area contributed by atoms with E-state index in [1.807, 2.05) is 6.07 Å². The van der Waals surface area contributed by atoms with Crippen molar-refractivity contribution in [2.24, 2.45) is 0 Å². The van der Waals surface area contributed by atoms with E-state index < -0.39 is 16.8 Å². The van der Waals surface area contributed by atoms with Gasteiger partial charge in [-0.05, 0) is 55.2 Å². The third-order valence-electron chi connectivity index (χ3n) is 6.24. The first-order chi connectivity index (χ1) is 16.8. The highest BCUT2D eigenvalue weighted by atomic mass is 16.6. The third-order valence-corrected chi connectivity index (χ3v) is 6.24. The molecule has 0 aromatic heterocycles. The number of allylic oxidation sites excluding steroid dienone is 3. The van der Waals surface area contributed by atoms with Gasteiger partial charge in [0.05, 0.1) is 24.7 Å². The number of ketones is 1. The van der Waals surface area contributed by atoms with Crippen LogP contribution in [0, 0.1) is 10.1 Å². The first-order valence-electron chi connectivity index (χ1n) is 11.2. The van der Waals surface area contributed by atoms with Crippen LogP contribution >= 0.6 is 0 Å². The van der Waals surface area contributed by atoms with Crippen molar-refractivity contribution in [3.8, 4) is 11.5 Å². The van der Waals surface area contributed by atoms with Crippen LogP contribution in [0.5, 0.6) is 11.5 Å². The minimum atomic E-state index is -0.580. The molecule has 0 saturated heterocycles. The van der Waals surface area contributed by atoms with Gasteiger partial charge in [-0.2, -0.15) is 0 Å². The van der Waals surface area contributed by atoms with Crippen LogP contribution in [0.1, 0.15) is 43.2 Å². The number of carbonyl (C=O) groups excluding carboxylic acids is 2. The van der Waals surface area contributed by atoms with Crippen molar-refractivity contribution in [3.63, 3.8) is 0 Å². The van der Waals surface area contributed by atoms with E-state index in [4.69, 9.17) is 14.2 Å². The predicted octanol–water partition coefficient (Wildman–Crippen LogP) is 4.32. The Morgan fingerprint density at radius 1 is 1.11 bits per heavy atom. The Kier molecular flexibility index (Phi) is 6.86. The summed E-state index contributed by atoms with van der Waals surface area (Å²) in [5.41, 5.74) is 3.96. The van der Waals surface area contributed by atoms with Crippen LogP contribution in [0.25, 0.3) is 0 Å². The van der Waals surface area contributed by atoms with Crippen molar-refractivity contribution < 1.29 is 28.7 Å². The number of benzene rings is 2. The summed E-state index contributed by atoms with van der Waals surface area (Å²) in [4.78, 5) is 36.1. The van der Waals surface area contributed by atoms with E-state index in [0.717, 1.165) is 24.1 Å². The summed E-state index contributed by atoms with van der Waals surface area (Å²) >= 11 is 0. The summed E-state index contributed by atoms with van der Waals surface area (Å²) in [6.07, 6.45) is 1.92. The Hall–Kier alpha value is -4.14. The lowest BCUT2D eigenvalue weighted by Gasteiger charge is -2.34. The second kappa shape index (κ2) is 10.0. The number of ether oxygens (including phenoxy) is 3. The third kappa shape index (κ3) is 4.75. The van der Waals surface area contributed by atoms with Crippen molar-refractivity contribution in [1.29, 1.82) is 0 Å². The van der Waals surface area contributed by atoms with Gasteiger partial charge in [-0.3, -0.25) is 14.9 Å². The van der Waals surface area contributed by atoms with E-state index in [1.165, 1.54) is 26.4 Å². The molecule has 0 saturated carbocycles. The van der Waals surface area contributed by atoms with Gasteiger partial charge in [0, 0.05) is 41.4 Å². The smallest absolute Gasteiger partial charge is 0.336 e. The number of nitro benzene ring substituents is 1. The largest absolute Gasteiger partial charge is 0.493 e. The number of non-ortho nitro benzene ring substituents is 1. The van der Waals surface area contributed by atoms with Gasteiger partial charge in [0.2, 0.25) is 0 Å². The van der Waals surface area contributed by atoms with Crippen molar-refractivity contribution >= 4 is 17.4 Å². The fraction of sp³-hybridized carbons (Fsp3) is 0.308. The molecule has 35 heavy (non-hydrogen) atoms. The summed E-state index contributed by atoms with van der Waals surface area (Å²) in [6.45, 7) is 1.99. The van der Waals surface area contributed by atoms with Gasteiger partial charge in [-0.25, -0.2) is 4.79 Å². The molecule has 1 heterocycles. The number of methoxy groups -OCH3 is 2. The number of nitro groups is 1. The predicted molar refractivity (Wildman–Crippen MR) is 127 cm³/mol. The first kappa shape index (κ1) is 24.0. The van der Waals surface area contributed by atoms with Crippen LogP contribution in [0.3, 0.4) is 0 Å². The lowest BCUT2D eigenvalue weighted by atomic mass is 9.75. The first-order valence-corrected chi connectivity index (χ1v) is 11.2. The van der Waals surface area contributed by atoms with Gasteiger partial charge in [0.1, 0.15) is 6.61 Å². The maximum atomic E-state index is 13.0. The molecular formula is C26H26N2O7. The monoisotopic (exact) mass is 478 g/mol. The standard InChI is InChI=1S/C26H26N2O7/c1-15-23(26(30)34-3)24(25-19(27-15)5-4-6-20(25)29)17-9-12-21(22(13-17)33-2)35-14-16-7-10-18(11-8-16)28(31)32/h7-13,24,27H,4-6,14H2,1-3H3/t24-/m1/s1. The number of esters is 1. The molecule has 0 spiro atoms. The molecule has 1 N–H and O–H groups in total. The Morgan fingerprint density at radius 2 is 1.86 bits per heavy atom. The lowest BCUT2D eigenvalue weighted by Crippen LogP contribution is -2.34. The van der Waals surface area contributed by atoms with Gasteiger partial charge < -0.3 is 19.5 Å². The summed E-state index contributed by atoms with van der Waals surface area (Å²) in [6, 6.07) is 11.4. The Morgan fingerprint density at radius 3 is 2.51 bits per heavy atom. The number of dihydropyridines is 1. The second-order valence-corrected chi connectivity index (χ2v) is 8.38. The Labute approximate surface area is 202 Å². The minimum absolute atomic E-state index is 0.00773. The summed E-state index contributed by atoms with van der Waals surface area (Å²) in [7, 11) is 2.83. The number of nitrogens with one attached hydrogen (secondary N) is 1. The van der Waals surface area contributed by atoms with E-state index in [-0.39, 0.29) is 18.1 Å². The van der Waals surface area contributed by atoms with E-state index in [2.05, 4.69) is 5.32 Å². The molecule has 0 bridgehead atoms. The number of nitrogens with zero attached hydrogens (tertiary/aromatic N) is 1. The molecule has 1 aliphatic heterocycles. The zero-order chi connectivity index (χ0) is 25.1. The molecule has 0 unspecified atom stereocenters. The summed E-state index contributed by atoms with van der Waals surface area (Å²) in [5.74, 6) is -0.162. The molecule has 9 heteroatoms. The van der Waals surface area contributed by atoms with E-state index >= 15 is 0 Å². The molecular weight excluding hydrogens is 452 g/mol. The second-order valence-electron chi connectivity index (χ2n) is 8.38. The van der Waals surface area contributed by atoms with Crippen molar-refractivity contribution in [2.45, 2.75) is 38.7 Å². The number of rotatable bonds is 7. The molecule has 0 fully saturated rings. The zero-order valence-electron chi connectivity index (χ0n) is 19.8. The van der Waals surface area contributed by atoms with Crippen molar-refractivity contribution in [2.75, 3.05) is 14.2 Å². The number of Topliss-reactive ketones (excluding diaryl/α,β-unsaturated/α-hetero) is 1. The fourth-order valence-electron chi connectivity index (χ4n) is 4.56. The lowest BCUT2D eigenvalue weighted by molar-refractivity contribution is -0.384. The van der Waals surface area contributed by atoms with E-state index in [9.17, 15) is 19.7 Å². The molecule has 0 amide bonds. The normalized spacial score (nSPS) is 17.5. The van der Waals surface area contributed by atoms with Crippen LogP contribution < -0.4 is 14.8 Å².